The predicted molar refractivity (Wildman–Crippen MR) is 102 cm³/mol. The molecule has 1 aromatic carbocycles. The first-order chi connectivity index (χ1) is 13.0. The van der Waals surface area contributed by atoms with E-state index >= 15 is 0 Å². The molecule has 8 nitrogen and oxygen atoms in total. The third-order valence-corrected chi connectivity index (χ3v) is 3.91. The van der Waals surface area contributed by atoms with Crippen LogP contribution >= 0.6 is 0 Å². The van der Waals surface area contributed by atoms with Gasteiger partial charge < -0.3 is 19.9 Å². The third-order valence-electron chi connectivity index (χ3n) is 3.91. The molecule has 27 heavy (non-hydrogen) atoms. The van der Waals surface area contributed by atoms with Crippen LogP contribution < -0.4 is 10.1 Å². The zero-order valence-corrected chi connectivity index (χ0v) is 15.1. The summed E-state index contributed by atoms with van der Waals surface area (Å²) in [6, 6.07) is 9.23. The number of carbonyl (C=O) groups is 1. The van der Waals surface area contributed by atoms with Gasteiger partial charge in [-0.2, -0.15) is 5.26 Å². The second kappa shape index (κ2) is 7.58. The lowest BCUT2D eigenvalue weighted by Crippen LogP contribution is -2.22. The molecule has 0 unspecified atom stereocenters. The Labute approximate surface area is 156 Å². The molecule has 2 aromatic heterocycles. The Hall–Kier alpha value is -3.86. The molecule has 1 amide bonds. The van der Waals surface area contributed by atoms with Gasteiger partial charge in [-0.1, -0.05) is 12.1 Å². The van der Waals surface area contributed by atoms with Crippen molar-refractivity contribution in [2.75, 3.05) is 26.5 Å². The first-order valence-corrected chi connectivity index (χ1v) is 8.10. The topological polar surface area (TPSA) is 107 Å². The number of nitrogens with one attached hydrogen (secondary N) is 2. The van der Waals surface area contributed by atoms with Gasteiger partial charge in [0.1, 0.15) is 35.2 Å². The summed E-state index contributed by atoms with van der Waals surface area (Å²) in [4.78, 5) is 25.0. The Morgan fingerprint density at radius 3 is 2.85 bits per heavy atom. The number of aromatic nitrogens is 3. The fourth-order valence-electron chi connectivity index (χ4n) is 2.63. The molecule has 0 fully saturated rings. The molecular weight excluding hydrogens is 344 g/mol. The molecule has 0 saturated heterocycles. The summed E-state index contributed by atoms with van der Waals surface area (Å²) in [6.07, 6.45) is 4.76. The molecule has 0 bridgehead atoms. The number of nitrogens with zero attached hydrogens (tertiary/aromatic N) is 4. The van der Waals surface area contributed by atoms with Crippen molar-refractivity contribution in [3.63, 3.8) is 0 Å². The van der Waals surface area contributed by atoms with Crippen molar-refractivity contribution in [2.24, 2.45) is 0 Å². The molecule has 0 atom stereocenters. The monoisotopic (exact) mass is 362 g/mol. The van der Waals surface area contributed by atoms with Crippen molar-refractivity contribution < 1.29 is 9.53 Å². The van der Waals surface area contributed by atoms with Gasteiger partial charge in [0.2, 0.25) is 0 Å². The molecule has 2 heterocycles. The van der Waals surface area contributed by atoms with Gasteiger partial charge in [-0.05, 0) is 18.2 Å². The minimum Gasteiger partial charge on any atom is -0.494 e. The number of benzene rings is 1. The lowest BCUT2D eigenvalue weighted by atomic mass is 10.1. The number of anilines is 2. The number of amides is 1. The molecule has 3 rings (SSSR count). The summed E-state index contributed by atoms with van der Waals surface area (Å²) in [5.41, 5.74) is 1.99. The van der Waals surface area contributed by atoms with Crippen molar-refractivity contribution in [3.8, 4) is 11.8 Å². The molecule has 8 heteroatoms. The smallest absolute Gasteiger partial charge is 0.264 e. The maximum absolute atomic E-state index is 12.1. The van der Waals surface area contributed by atoms with Crippen LogP contribution in [-0.2, 0) is 4.79 Å². The largest absolute Gasteiger partial charge is 0.494 e. The van der Waals surface area contributed by atoms with Crippen molar-refractivity contribution in [1.29, 1.82) is 5.26 Å². The van der Waals surface area contributed by atoms with Gasteiger partial charge in [-0.25, -0.2) is 9.97 Å². The lowest BCUT2D eigenvalue weighted by Gasteiger charge is -2.14. The highest BCUT2D eigenvalue weighted by molar-refractivity contribution is 6.02. The van der Waals surface area contributed by atoms with Gasteiger partial charge >= 0.3 is 0 Å². The van der Waals surface area contributed by atoms with Crippen LogP contribution in [0.25, 0.3) is 17.1 Å². The second-order valence-corrected chi connectivity index (χ2v) is 5.88. The van der Waals surface area contributed by atoms with Crippen LogP contribution in [0.15, 0.2) is 42.4 Å². The Kier molecular flexibility index (Phi) is 5.04. The van der Waals surface area contributed by atoms with Crippen LogP contribution in [0.4, 0.5) is 11.5 Å². The van der Waals surface area contributed by atoms with E-state index < -0.39 is 0 Å². The molecule has 0 spiro atoms. The Morgan fingerprint density at radius 1 is 1.33 bits per heavy atom. The average molecular weight is 362 g/mol. The SMILES string of the molecule is COc1c(/C=C(\C#N)C(=O)N(C)C)cccc1Nc1ncnc2[nH]ccc12. The zero-order chi connectivity index (χ0) is 19.4. The van der Waals surface area contributed by atoms with Crippen LogP contribution in [-0.4, -0.2) is 47.0 Å². The number of rotatable bonds is 5. The number of hydrogen-bond donors (Lipinski definition) is 2. The van der Waals surface area contributed by atoms with Crippen molar-refractivity contribution >= 4 is 34.5 Å². The number of hydrogen-bond acceptors (Lipinski definition) is 6. The quantitative estimate of drug-likeness (QED) is 0.534. The van der Waals surface area contributed by atoms with Crippen molar-refractivity contribution in [3.05, 3.63) is 47.9 Å². The lowest BCUT2D eigenvalue weighted by molar-refractivity contribution is -0.124. The molecule has 0 radical (unpaired) electrons. The maximum atomic E-state index is 12.1. The number of H-pyrrole nitrogens is 1. The van der Waals surface area contributed by atoms with Gasteiger partial charge in [0.25, 0.3) is 5.91 Å². The molecule has 2 N–H and O–H groups in total. The number of ether oxygens (including phenoxy) is 1. The summed E-state index contributed by atoms with van der Waals surface area (Å²) in [5.74, 6) is 0.743. The van der Waals surface area contributed by atoms with Crippen molar-refractivity contribution in [2.45, 2.75) is 0 Å². The van der Waals surface area contributed by atoms with Gasteiger partial charge in [0.15, 0.2) is 0 Å². The number of likely N-dealkylation sites (N-methyl/N-ethyl adjacent to an activating group) is 1. The van der Waals surface area contributed by atoms with Crippen LogP contribution in [0.1, 0.15) is 5.56 Å². The molecule has 0 aliphatic heterocycles. The summed E-state index contributed by atoms with van der Waals surface area (Å²) in [5, 5.41) is 13.4. The predicted octanol–water partition coefficient (Wildman–Crippen LogP) is 2.71. The van der Waals surface area contributed by atoms with E-state index in [0.29, 0.717) is 28.5 Å². The van der Waals surface area contributed by atoms with Gasteiger partial charge in [0.05, 0.1) is 18.2 Å². The number of para-hydroxylation sites is 1. The number of methoxy groups -OCH3 is 1. The van der Waals surface area contributed by atoms with E-state index in [9.17, 15) is 10.1 Å². The Balaban J connectivity index is 2.04. The molecule has 0 saturated carbocycles. The van der Waals surface area contributed by atoms with Crippen LogP contribution in [0.3, 0.4) is 0 Å². The van der Waals surface area contributed by atoms with Crippen LogP contribution in [0.5, 0.6) is 5.75 Å². The maximum Gasteiger partial charge on any atom is 0.264 e. The number of carbonyl (C=O) groups excluding carboxylic acids is 1. The Bertz CT molecular complexity index is 1060. The zero-order valence-electron chi connectivity index (χ0n) is 15.1. The van der Waals surface area contributed by atoms with Gasteiger partial charge in [0, 0.05) is 25.9 Å². The van der Waals surface area contributed by atoms with Crippen LogP contribution in [0.2, 0.25) is 0 Å². The third kappa shape index (κ3) is 3.57. The fourth-order valence-corrected chi connectivity index (χ4v) is 2.63. The molecule has 136 valence electrons. The molecule has 3 aromatic rings. The van der Waals surface area contributed by atoms with E-state index in [1.807, 2.05) is 18.2 Å². The summed E-state index contributed by atoms with van der Waals surface area (Å²) in [6.45, 7) is 0. The van der Waals surface area contributed by atoms with E-state index in [0.717, 1.165) is 5.39 Å². The standard InChI is InChI=1S/C19H18N6O2/c1-25(2)19(26)13(10-20)9-12-5-4-6-15(16(12)27-3)24-18-14-7-8-21-17(14)22-11-23-18/h4-9,11H,1-3H3,(H2,21,22,23,24)/b13-9+. The second-order valence-electron chi connectivity index (χ2n) is 5.88. The van der Waals surface area contributed by atoms with E-state index in [2.05, 4.69) is 20.3 Å². The van der Waals surface area contributed by atoms with E-state index in [1.54, 1.807) is 32.4 Å². The summed E-state index contributed by atoms with van der Waals surface area (Å²) < 4.78 is 5.54. The summed E-state index contributed by atoms with van der Waals surface area (Å²) >= 11 is 0. The highest BCUT2D eigenvalue weighted by Gasteiger charge is 2.15. The number of fused-ring (bicyclic) bond motifs is 1. The molecule has 0 aliphatic carbocycles. The normalized spacial score (nSPS) is 11.1. The minimum atomic E-state index is -0.372. The first kappa shape index (κ1) is 17.9. The molecule has 0 aliphatic rings. The first-order valence-electron chi connectivity index (χ1n) is 8.10. The highest BCUT2D eigenvalue weighted by Crippen LogP contribution is 2.33. The van der Waals surface area contributed by atoms with Crippen molar-refractivity contribution in [1.82, 2.24) is 19.9 Å². The average Bonchev–Trinajstić information content (AvgIpc) is 3.15. The van der Waals surface area contributed by atoms with Crippen LogP contribution in [0, 0.1) is 11.3 Å². The number of aromatic amines is 1. The minimum absolute atomic E-state index is 0.0190. The fraction of sp³-hybridized carbons (Fsp3) is 0.158. The Morgan fingerprint density at radius 2 is 2.15 bits per heavy atom. The summed E-state index contributed by atoms with van der Waals surface area (Å²) in [7, 11) is 4.73. The van der Waals surface area contributed by atoms with Gasteiger partial charge in [-0.15, -0.1) is 0 Å². The van der Waals surface area contributed by atoms with E-state index in [4.69, 9.17) is 4.74 Å². The van der Waals surface area contributed by atoms with E-state index in [1.165, 1.54) is 24.4 Å². The highest BCUT2D eigenvalue weighted by atomic mass is 16.5. The molecular formula is C19H18N6O2. The number of nitriles is 1. The van der Waals surface area contributed by atoms with E-state index in [-0.39, 0.29) is 11.5 Å². The van der Waals surface area contributed by atoms with Gasteiger partial charge in [-0.3, -0.25) is 4.79 Å².